The van der Waals surface area contributed by atoms with Crippen molar-refractivity contribution in [3.8, 4) is 0 Å². The first-order valence-electron chi connectivity index (χ1n) is 4.46. The van der Waals surface area contributed by atoms with Crippen LogP contribution in [0.3, 0.4) is 0 Å². The minimum absolute atomic E-state index is 0.609. The van der Waals surface area contributed by atoms with E-state index in [1.807, 2.05) is 6.92 Å². The highest BCUT2D eigenvalue weighted by Gasteiger charge is 2.08. The van der Waals surface area contributed by atoms with Gasteiger partial charge in [-0.15, -0.1) is 5.10 Å². The summed E-state index contributed by atoms with van der Waals surface area (Å²) in [4.78, 5) is 4.18. The SMILES string of the molecule is CCc1nc(CSc2nnnn2C)no1. The number of aryl methyl sites for hydroxylation is 2. The minimum atomic E-state index is 0.609. The van der Waals surface area contributed by atoms with Crippen molar-refractivity contribution in [2.45, 2.75) is 24.3 Å². The standard InChI is InChI=1S/C7H10N6OS/c1-3-6-8-5(10-14-6)4-15-7-9-11-12-13(7)2/h3-4H2,1-2H3. The third kappa shape index (κ3) is 2.32. The lowest BCUT2D eigenvalue weighted by Crippen LogP contribution is -1.94. The Bertz CT molecular complexity index is 438. The molecule has 0 amide bonds. The third-order valence-corrected chi connectivity index (χ3v) is 2.73. The van der Waals surface area contributed by atoms with E-state index in [0.29, 0.717) is 17.5 Å². The quantitative estimate of drug-likeness (QED) is 0.700. The molecule has 0 unspecified atom stereocenters. The summed E-state index contributed by atoms with van der Waals surface area (Å²) in [5, 5.41) is 15.7. The van der Waals surface area contributed by atoms with Crippen molar-refractivity contribution in [1.29, 1.82) is 0 Å². The molecule has 15 heavy (non-hydrogen) atoms. The van der Waals surface area contributed by atoms with Crippen LogP contribution < -0.4 is 0 Å². The molecule has 0 saturated heterocycles. The first-order valence-corrected chi connectivity index (χ1v) is 5.44. The van der Waals surface area contributed by atoms with Crippen molar-refractivity contribution in [2.75, 3.05) is 0 Å². The van der Waals surface area contributed by atoms with Crippen LogP contribution in [-0.4, -0.2) is 30.3 Å². The van der Waals surface area contributed by atoms with Gasteiger partial charge in [0.2, 0.25) is 11.0 Å². The fraction of sp³-hybridized carbons (Fsp3) is 0.571. The summed E-state index contributed by atoms with van der Waals surface area (Å²) in [6.45, 7) is 1.97. The fourth-order valence-electron chi connectivity index (χ4n) is 0.965. The molecule has 2 aromatic rings. The van der Waals surface area contributed by atoms with E-state index >= 15 is 0 Å². The molecule has 0 radical (unpaired) electrons. The van der Waals surface area contributed by atoms with E-state index in [0.717, 1.165) is 11.6 Å². The smallest absolute Gasteiger partial charge is 0.226 e. The molecule has 7 nitrogen and oxygen atoms in total. The first kappa shape index (κ1) is 10.1. The van der Waals surface area contributed by atoms with Crippen LogP contribution in [0.25, 0.3) is 0 Å². The number of aromatic nitrogens is 6. The molecule has 80 valence electrons. The van der Waals surface area contributed by atoms with Crippen molar-refractivity contribution in [3.05, 3.63) is 11.7 Å². The lowest BCUT2D eigenvalue weighted by molar-refractivity contribution is 0.378. The topological polar surface area (TPSA) is 82.5 Å². The van der Waals surface area contributed by atoms with Crippen molar-refractivity contribution in [3.63, 3.8) is 0 Å². The molecule has 0 N–H and O–H groups in total. The molecule has 2 rings (SSSR count). The molecule has 0 aliphatic carbocycles. The number of thioether (sulfide) groups is 1. The zero-order chi connectivity index (χ0) is 10.7. The van der Waals surface area contributed by atoms with E-state index in [1.54, 1.807) is 11.7 Å². The predicted octanol–water partition coefficient (Wildman–Crippen LogP) is 0.448. The maximum atomic E-state index is 4.98. The monoisotopic (exact) mass is 226 g/mol. The van der Waals surface area contributed by atoms with Gasteiger partial charge in [0.1, 0.15) is 0 Å². The van der Waals surface area contributed by atoms with Crippen LogP contribution in [0.2, 0.25) is 0 Å². The Labute approximate surface area is 90.2 Å². The van der Waals surface area contributed by atoms with Crippen molar-refractivity contribution < 1.29 is 4.52 Å². The molecule has 2 aromatic heterocycles. The molecule has 0 fully saturated rings. The van der Waals surface area contributed by atoms with Gasteiger partial charge in [0.05, 0.1) is 5.75 Å². The summed E-state index contributed by atoms with van der Waals surface area (Å²) in [5.74, 6) is 1.93. The second-order valence-electron chi connectivity index (χ2n) is 2.83. The molecule has 0 aliphatic rings. The van der Waals surface area contributed by atoms with E-state index in [9.17, 15) is 0 Å². The highest BCUT2D eigenvalue weighted by Crippen LogP contribution is 2.17. The van der Waals surface area contributed by atoms with Crippen LogP contribution in [0.15, 0.2) is 9.68 Å². The van der Waals surface area contributed by atoms with Crippen molar-refractivity contribution >= 4 is 11.8 Å². The first-order chi connectivity index (χ1) is 7.29. The van der Waals surface area contributed by atoms with E-state index in [2.05, 4.69) is 25.7 Å². The van der Waals surface area contributed by atoms with Crippen molar-refractivity contribution in [2.24, 2.45) is 7.05 Å². The Balaban J connectivity index is 1.96. The number of nitrogens with zero attached hydrogens (tertiary/aromatic N) is 6. The van der Waals surface area contributed by atoms with Gasteiger partial charge in [-0.3, -0.25) is 0 Å². The maximum Gasteiger partial charge on any atom is 0.226 e. The number of hydrogen-bond donors (Lipinski definition) is 0. The number of rotatable bonds is 4. The Kier molecular flexibility index (Phi) is 2.95. The largest absolute Gasteiger partial charge is 0.339 e. The molecule has 2 heterocycles. The van der Waals surface area contributed by atoms with Gasteiger partial charge in [-0.2, -0.15) is 4.98 Å². The lowest BCUT2D eigenvalue weighted by atomic mass is 10.5. The van der Waals surface area contributed by atoms with Gasteiger partial charge < -0.3 is 4.52 Å². The maximum absolute atomic E-state index is 4.98. The number of tetrazole rings is 1. The molecule has 0 spiro atoms. The normalized spacial score (nSPS) is 10.8. The second-order valence-corrected chi connectivity index (χ2v) is 3.77. The average molecular weight is 226 g/mol. The summed E-state index contributed by atoms with van der Waals surface area (Å²) < 4.78 is 6.58. The highest BCUT2D eigenvalue weighted by atomic mass is 32.2. The lowest BCUT2D eigenvalue weighted by Gasteiger charge is -1.93. The van der Waals surface area contributed by atoms with E-state index in [1.165, 1.54) is 11.8 Å². The highest BCUT2D eigenvalue weighted by molar-refractivity contribution is 7.98. The number of hydrogen-bond acceptors (Lipinski definition) is 7. The minimum Gasteiger partial charge on any atom is -0.339 e. The van der Waals surface area contributed by atoms with E-state index < -0.39 is 0 Å². The zero-order valence-corrected chi connectivity index (χ0v) is 9.23. The van der Waals surface area contributed by atoms with Gasteiger partial charge in [0.15, 0.2) is 5.82 Å². The Morgan fingerprint density at radius 1 is 1.47 bits per heavy atom. The predicted molar refractivity (Wildman–Crippen MR) is 52.0 cm³/mol. The van der Waals surface area contributed by atoms with E-state index in [-0.39, 0.29) is 0 Å². The molecule has 0 bridgehead atoms. The molecule has 8 heteroatoms. The van der Waals surface area contributed by atoms with Gasteiger partial charge >= 0.3 is 0 Å². The van der Waals surface area contributed by atoms with Crippen molar-refractivity contribution in [1.82, 2.24) is 30.3 Å². The Hall–Kier alpha value is -1.44. The van der Waals surface area contributed by atoms with Gasteiger partial charge in [0, 0.05) is 13.5 Å². The summed E-state index contributed by atoms with van der Waals surface area (Å²) in [6, 6.07) is 0. The molecule has 0 atom stereocenters. The van der Waals surface area contributed by atoms with Crippen LogP contribution in [0.1, 0.15) is 18.6 Å². The molecular formula is C7H10N6OS. The molecule has 0 aromatic carbocycles. The van der Waals surface area contributed by atoms with Crippen LogP contribution >= 0.6 is 11.8 Å². The summed E-state index contributed by atoms with van der Waals surface area (Å²) in [7, 11) is 1.79. The van der Waals surface area contributed by atoms with Gasteiger partial charge in [0.25, 0.3) is 0 Å². The van der Waals surface area contributed by atoms with Gasteiger partial charge in [-0.1, -0.05) is 23.8 Å². The summed E-state index contributed by atoms with van der Waals surface area (Å²) in [5.41, 5.74) is 0. The average Bonchev–Trinajstić information content (AvgIpc) is 2.84. The zero-order valence-electron chi connectivity index (χ0n) is 8.41. The Morgan fingerprint density at radius 2 is 2.33 bits per heavy atom. The van der Waals surface area contributed by atoms with Crippen LogP contribution in [0.5, 0.6) is 0 Å². The van der Waals surface area contributed by atoms with E-state index in [4.69, 9.17) is 4.52 Å². The molecule has 0 aliphatic heterocycles. The van der Waals surface area contributed by atoms with Gasteiger partial charge in [-0.05, 0) is 10.4 Å². The molecular weight excluding hydrogens is 216 g/mol. The third-order valence-electron chi connectivity index (χ3n) is 1.72. The molecule has 0 saturated carbocycles. The fourth-order valence-corrected chi connectivity index (χ4v) is 1.66. The van der Waals surface area contributed by atoms with Crippen LogP contribution in [0, 0.1) is 0 Å². The summed E-state index contributed by atoms with van der Waals surface area (Å²) >= 11 is 1.47. The Morgan fingerprint density at radius 3 is 2.93 bits per heavy atom. The summed E-state index contributed by atoms with van der Waals surface area (Å²) in [6.07, 6.45) is 0.753. The van der Waals surface area contributed by atoms with Gasteiger partial charge in [-0.25, -0.2) is 4.68 Å². The van der Waals surface area contributed by atoms with Crippen LogP contribution in [-0.2, 0) is 19.2 Å². The second kappa shape index (κ2) is 4.39. The van der Waals surface area contributed by atoms with Crippen LogP contribution in [0.4, 0.5) is 0 Å².